The molecule has 0 saturated carbocycles. The number of benzene rings is 3. The van der Waals surface area contributed by atoms with Gasteiger partial charge in [0.05, 0.1) is 26.7 Å². The van der Waals surface area contributed by atoms with Crippen LogP contribution in [-0.4, -0.2) is 26.0 Å². The van der Waals surface area contributed by atoms with Crippen LogP contribution in [0.25, 0.3) is 0 Å². The van der Waals surface area contributed by atoms with Crippen molar-refractivity contribution < 1.29 is 19.1 Å². The van der Waals surface area contributed by atoms with Crippen molar-refractivity contribution in [2.45, 2.75) is 19.0 Å². The Bertz CT molecular complexity index is 1010. The molecule has 0 spiro atoms. The quantitative estimate of drug-likeness (QED) is 0.553. The van der Waals surface area contributed by atoms with Gasteiger partial charge in [0.25, 0.3) is 5.91 Å². The van der Waals surface area contributed by atoms with Gasteiger partial charge in [-0.25, -0.2) is 0 Å². The predicted molar refractivity (Wildman–Crippen MR) is 119 cm³/mol. The van der Waals surface area contributed by atoms with E-state index in [1.165, 1.54) is 0 Å². The zero-order valence-corrected chi connectivity index (χ0v) is 17.6. The molecule has 160 valence electrons. The molecule has 0 saturated heterocycles. The van der Waals surface area contributed by atoms with Gasteiger partial charge in [-0.05, 0) is 35.4 Å². The molecule has 0 unspecified atom stereocenters. The molecular weight excluding hydrogens is 392 g/mol. The van der Waals surface area contributed by atoms with Crippen molar-refractivity contribution in [3.05, 3.63) is 95.6 Å². The molecule has 0 aliphatic heterocycles. The van der Waals surface area contributed by atoms with Gasteiger partial charge in [0.15, 0.2) is 11.5 Å². The number of methoxy groups -OCH3 is 2. The van der Waals surface area contributed by atoms with Crippen LogP contribution in [0.5, 0.6) is 11.5 Å². The molecule has 0 aliphatic carbocycles. The van der Waals surface area contributed by atoms with Crippen LogP contribution in [-0.2, 0) is 11.3 Å². The van der Waals surface area contributed by atoms with Crippen LogP contribution >= 0.6 is 0 Å². The third-order valence-corrected chi connectivity index (χ3v) is 4.87. The van der Waals surface area contributed by atoms with Gasteiger partial charge in [-0.1, -0.05) is 54.6 Å². The van der Waals surface area contributed by atoms with E-state index >= 15 is 0 Å². The number of amides is 2. The number of hydrogen-bond donors (Lipinski definition) is 2. The van der Waals surface area contributed by atoms with Crippen LogP contribution < -0.4 is 20.1 Å². The van der Waals surface area contributed by atoms with Crippen LogP contribution in [0.2, 0.25) is 0 Å². The summed E-state index contributed by atoms with van der Waals surface area (Å²) in [5, 5.41) is 5.89. The fraction of sp³-hybridized carbons (Fsp3) is 0.200. The first-order valence-electron chi connectivity index (χ1n) is 9.99. The molecular formula is C25H26N2O4. The highest BCUT2D eigenvalue weighted by atomic mass is 16.5. The van der Waals surface area contributed by atoms with E-state index in [0.29, 0.717) is 23.6 Å². The average Bonchev–Trinajstić information content (AvgIpc) is 2.83. The van der Waals surface area contributed by atoms with Gasteiger partial charge in [-0.2, -0.15) is 0 Å². The lowest BCUT2D eigenvalue weighted by atomic mass is 10.0. The van der Waals surface area contributed by atoms with Crippen LogP contribution in [0.1, 0.15) is 33.9 Å². The Morgan fingerprint density at radius 1 is 0.839 bits per heavy atom. The predicted octanol–water partition coefficient (Wildman–Crippen LogP) is 3.88. The van der Waals surface area contributed by atoms with Crippen molar-refractivity contribution in [1.29, 1.82) is 0 Å². The Kier molecular flexibility index (Phi) is 7.65. The van der Waals surface area contributed by atoms with Gasteiger partial charge in [-0.15, -0.1) is 0 Å². The van der Waals surface area contributed by atoms with Crippen LogP contribution in [0, 0.1) is 0 Å². The molecule has 0 radical (unpaired) electrons. The summed E-state index contributed by atoms with van der Waals surface area (Å²) in [6.07, 6.45) is 0.121. The highest BCUT2D eigenvalue weighted by Gasteiger charge is 2.19. The molecule has 2 N–H and O–H groups in total. The number of nitrogens with one attached hydrogen (secondary N) is 2. The minimum Gasteiger partial charge on any atom is -0.493 e. The van der Waals surface area contributed by atoms with E-state index in [-0.39, 0.29) is 18.2 Å². The Balaban J connectivity index is 1.66. The summed E-state index contributed by atoms with van der Waals surface area (Å²) >= 11 is 0. The van der Waals surface area contributed by atoms with E-state index < -0.39 is 6.04 Å². The van der Waals surface area contributed by atoms with Gasteiger partial charge in [0.1, 0.15) is 0 Å². The summed E-state index contributed by atoms with van der Waals surface area (Å²) in [6.45, 7) is 0.341. The molecule has 3 aromatic rings. The van der Waals surface area contributed by atoms with Crippen LogP contribution in [0.3, 0.4) is 0 Å². The van der Waals surface area contributed by atoms with Crippen molar-refractivity contribution in [2.75, 3.05) is 14.2 Å². The standard InChI is InChI=1S/C25H26N2O4/c1-30-22-14-13-18(15-23(22)31-2)17-26-24(28)16-21(19-9-5-3-6-10-19)27-25(29)20-11-7-4-8-12-20/h3-15,21H,16-17H2,1-2H3,(H,26,28)(H,27,29)/t21-/m1/s1. The molecule has 2 amide bonds. The first kappa shape index (κ1) is 21.9. The lowest BCUT2D eigenvalue weighted by molar-refractivity contribution is -0.121. The van der Waals surface area contributed by atoms with Gasteiger partial charge >= 0.3 is 0 Å². The molecule has 6 nitrogen and oxygen atoms in total. The second-order valence-electron chi connectivity index (χ2n) is 6.97. The Hall–Kier alpha value is -3.80. The maximum atomic E-state index is 12.7. The normalized spacial score (nSPS) is 11.3. The maximum Gasteiger partial charge on any atom is 0.251 e. The highest BCUT2D eigenvalue weighted by molar-refractivity contribution is 5.94. The second kappa shape index (κ2) is 10.8. The SMILES string of the molecule is COc1ccc(CNC(=O)C[C@@H](NC(=O)c2ccccc2)c2ccccc2)cc1OC. The van der Waals surface area contributed by atoms with Gasteiger partial charge in [-0.3, -0.25) is 9.59 Å². The van der Waals surface area contributed by atoms with Crippen molar-refractivity contribution >= 4 is 11.8 Å². The highest BCUT2D eigenvalue weighted by Crippen LogP contribution is 2.27. The van der Waals surface area contributed by atoms with Gasteiger partial charge < -0.3 is 20.1 Å². The summed E-state index contributed by atoms with van der Waals surface area (Å²) in [6, 6.07) is 23.5. The fourth-order valence-corrected chi connectivity index (χ4v) is 3.22. The van der Waals surface area contributed by atoms with Crippen LogP contribution in [0.4, 0.5) is 0 Å². The number of ether oxygens (including phenoxy) is 2. The Morgan fingerprint density at radius 3 is 2.13 bits per heavy atom. The van der Waals surface area contributed by atoms with E-state index in [0.717, 1.165) is 11.1 Å². The fourth-order valence-electron chi connectivity index (χ4n) is 3.22. The van der Waals surface area contributed by atoms with Crippen molar-refractivity contribution in [3.8, 4) is 11.5 Å². The lowest BCUT2D eigenvalue weighted by Gasteiger charge is -2.19. The Labute approximate surface area is 182 Å². The molecule has 0 bridgehead atoms. The minimum atomic E-state index is -0.445. The summed E-state index contributed by atoms with van der Waals surface area (Å²) in [7, 11) is 3.15. The van der Waals surface area contributed by atoms with Crippen molar-refractivity contribution in [1.82, 2.24) is 10.6 Å². The van der Waals surface area contributed by atoms with Crippen molar-refractivity contribution in [3.63, 3.8) is 0 Å². The van der Waals surface area contributed by atoms with Gasteiger partial charge in [0, 0.05) is 12.1 Å². The summed E-state index contributed by atoms with van der Waals surface area (Å²) < 4.78 is 10.5. The largest absolute Gasteiger partial charge is 0.493 e. The zero-order valence-electron chi connectivity index (χ0n) is 17.6. The topological polar surface area (TPSA) is 76.7 Å². The third kappa shape index (κ3) is 6.09. The summed E-state index contributed by atoms with van der Waals surface area (Å²) in [5.74, 6) is 0.844. The van der Waals surface area contributed by atoms with Crippen LogP contribution in [0.15, 0.2) is 78.9 Å². The molecule has 31 heavy (non-hydrogen) atoms. The molecule has 0 aliphatic rings. The average molecular weight is 418 g/mol. The molecule has 6 heteroatoms. The Morgan fingerprint density at radius 2 is 1.48 bits per heavy atom. The molecule has 0 aromatic heterocycles. The number of carbonyl (C=O) groups is 2. The number of carbonyl (C=O) groups excluding carboxylic acids is 2. The molecule has 3 aromatic carbocycles. The smallest absolute Gasteiger partial charge is 0.251 e. The van der Waals surface area contributed by atoms with E-state index in [1.807, 2.05) is 60.7 Å². The lowest BCUT2D eigenvalue weighted by Crippen LogP contribution is -2.33. The second-order valence-corrected chi connectivity index (χ2v) is 6.97. The van der Waals surface area contributed by atoms with E-state index in [9.17, 15) is 9.59 Å². The summed E-state index contributed by atoms with van der Waals surface area (Å²) in [5.41, 5.74) is 2.30. The monoisotopic (exact) mass is 418 g/mol. The first-order chi connectivity index (χ1) is 15.1. The zero-order chi connectivity index (χ0) is 22.1. The van der Waals surface area contributed by atoms with E-state index in [4.69, 9.17) is 9.47 Å². The van der Waals surface area contributed by atoms with E-state index in [2.05, 4.69) is 10.6 Å². The van der Waals surface area contributed by atoms with Crippen molar-refractivity contribution in [2.24, 2.45) is 0 Å². The number of hydrogen-bond acceptors (Lipinski definition) is 4. The summed E-state index contributed by atoms with van der Waals surface area (Å²) in [4.78, 5) is 25.3. The molecule has 1 atom stereocenters. The number of rotatable bonds is 9. The van der Waals surface area contributed by atoms with E-state index in [1.54, 1.807) is 32.4 Å². The third-order valence-electron chi connectivity index (χ3n) is 4.87. The molecule has 0 fully saturated rings. The first-order valence-corrected chi connectivity index (χ1v) is 9.99. The molecule has 0 heterocycles. The van der Waals surface area contributed by atoms with Gasteiger partial charge in [0.2, 0.25) is 5.91 Å². The molecule has 3 rings (SSSR count). The minimum absolute atomic E-state index is 0.121. The maximum absolute atomic E-state index is 12.7.